The number of carbonyl (C=O) groups excluding carboxylic acids is 1. The van der Waals surface area contributed by atoms with E-state index in [1.807, 2.05) is 0 Å². The SMILES string of the molecule is O=C(O)C1CCCN1C(=O)NC1CC2CCC1O2. The van der Waals surface area contributed by atoms with Gasteiger partial charge in [0.1, 0.15) is 6.04 Å². The van der Waals surface area contributed by atoms with Crippen LogP contribution in [0.3, 0.4) is 0 Å². The molecule has 0 saturated carbocycles. The molecule has 0 aliphatic carbocycles. The van der Waals surface area contributed by atoms with Crippen molar-refractivity contribution in [2.24, 2.45) is 0 Å². The fourth-order valence-corrected chi connectivity index (χ4v) is 3.30. The number of hydrogen-bond acceptors (Lipinski definition) is 3. The number of urea groups is 1. The van der Waals surface area contributed by atoms with Crippen LogP contribution in [-0.4, -0.2) is 52.8 Å². The zero-order valence-electron chi connectivity index (χ0n) is 10.2. The van der Waals surface area contributed by atoms with Gasteiger partial charge in [-0.15, -0.1) is 0 Å². The maximum absolute atomic E-state index is 12.1. The minimum Gasteiger partial charge on any atom is -0.480 e. The van der Waals surface area contributed by atoms with Crippen molar-refractivity contribution in [1.29, 1.82) is 0 Å². The first-order valence-corrected chi connectivity index (χ1v) is 6.60. The third-order valence-electron chi connectivity index (χ3n) is 4.21. The number of carbonyl (C=O) groups is 2. The number of nitrogens with one attached hydrogen (secondary N) is 1. The van der Waals surface area contributed by atoms with E-state index in [0.29, 0.717) is 13.0 Å². The van der Waals surface area contributed by atoms with Crippen molar-refractivity contribution in [2.75, 3.05) is 6.54 Å². The molecular weight excluding hydrogens is 236 g/mol. The normalized spacial score (nSPS) is 38.1. The van der Waals surface area contributed by atoms with Crippen LogP contribution in [0.2, 0.25) is 0 Å². The molecule has 3 heterocycles. The molecule has 6 heteroatoms. The van der Waals surface area contributed by atoms with Crippen LogP contribution >= 0.6 is 0 Å². The van der Waals surface area contributed by atoms with E-state index in [0.717, 1.165) is 25.7 Å². The summed E-state index contributed by atoms with van der Waals surface area (Å²) < 4.78 is 5.67. The third-order valence-corrected chi connectivity index (χ3v) is 4.21. The fourth-order valence-electron chi connectivity index (χ4n) is 3.30. The van der Waals surface area contributed by atoms with Gasteiger partial charge in [0.05, 0.1) is 18.2 Å². The first-order chi connectivity index (χ1) is 8.65. The summed E-state index contributed by atoms with van der Waals surface area (Å²) in [5, 5.41) is 12.0. The number of carboxylic acid groups (broad SMARTS) is 1. The molecule has 0 aromatic carbocycles. The van der Waals surface area contributed by atoms with Crippen LogP contribution in [0.5, 0.6) is 0 Å². The highest BCUT2D eigenvalue weighted by atomic mass is 16.5. The largest absolute Gasteiger partial charge is 0.480 e. The van der Waals surface area contributed by atoms with E-state index in [1.165, 1.54) is 4.90 Å². The van der Waals surface area contributed by atoms with Crippen molar-refractivity contribution in [3.05, 3.63) is 0 Å². The van der Waals surface area contributed by atoms with Crippen molar-refractivity contribution in [2.45, 2.75) is 56.4 Å². The standard InChI is InChI=1S/C12H18N2O4/c15-11(16)9-2-1-5-14(9)12(17)13-8-6-7-3-4-10(8)18-7/h7-10H,1-6H2,(H,13,17)(H,15,16). The molecule has 0 radical (unpaired) electrons. The highest BCUT2D eigenvalue weighted by Crippen LogP contribution is 2.34. The molecule has 2 bridgehead atoms. The first-order valence-electron chi connectivity index (χ1n) is 6.60. The van der Waals surface area contributed by atoms with Crippen molar-refractivity contribution in [3.63, 3.8) is 0 Å². The molecule has 3 aliphatic rings. The van der Waals surface area contributed by atoms with Crippen molar-refractivity contribution >= 4 is 12.0 Å². The van der Waals surface area contributed by atoms with Gasteiger partial charge in [0.25, 0.3) is 0 Å². The molecule has 4 unspecified atom stereocenters. The summed E-state index contributed by atoms with van der Waals surface area (Å²) in [7, 11) is 0. The van der Waals surface area contributed by atoms with Crippen LogP contribution in [0.15, 0.2) is 0 Å². The van der Waals surface area contributed by atoms with Gasteiger partial charge < -0.3 is 20.1 Å². The second-order valence-corrected chi connectivity index (χ2v) is 5.36. The summed E-state index contributed by atoms with van der Waals surface area (Å²) in [6.45, 7) is 0.532. The van der Waals surface area contributed by atoms with Gasteiger partial charge in [-0.05, 0) is 32.1 Å². The topological polar surface area (TPSA) is 78.9 Å². The second-order valence-electron chi connectivity index (χ2n) is 5.36. The highest BCUT2D eigenvalue weighted by molar-refractivity contribution is 5.83. The Balaban J connectivity index is 1.59. The Morgan fingerprint density at radius 1 is 1.28 bits per heavy atom. The molecule has 4 atom stereocenters. The molecule has 3 saturated heterocycles. The van der Waals surface area contributed by atoms with Gasteiger partial charge >= 0.3 is 12.0 Å². The Morgan fingerprint density at radius 2 is 2.11 bits per heavy atom. The molecule has 18 heavy (non-hydrogen) atoms. The molecule has 0 spiro atoms. The van der Waals surface area contributed by atoms with E-state index >= 15 is 0 Å². The number of fused-ring (bicyclic) bond motifs is 2. The molecule has 3 aliphatic heterocycles. The molecule has 0 aromatic heterocycles. The number of ether oxygens (including phenoxy) is 1. The van der Waals surface area contributed by atoms with Crippen LogP contribution in [-0.2, 0) is 9.53 Å². The lowest BCUT2D eigenvalue weighted by molar-refractivity contribution is -0.141. The summed E-state index contributed by atoms with van der Waals surface area (Å²) in [5.41, 5.74) is 0. The predicted molar refractivity (Wildman–Crippen MR) is 62.2 cm³/mol. The molecule has 0 aromatic rings. The number of likely N-dealkylation sites (tertiary alicyclic amines) is 1. The molecule has 2 amide bonds. The Morgan fingerprint density at radius 3 is 2.72 bits per heavy atom. The lowest BCUT2D eigenvalue weighted by Gasteiger charge is -2.26. The quantitative estimate of drug-likeness (QED) is 0.755. The summed E-state index contributed by atoms with van der Waals surface area (Å²) in [6.07, 6.45) is 4.67. The van der Waals surface area contributed by atoms with Gasteiger partial charge in [-0.2, -0.15) is 0 Å². The minimum atomic E-state index is -0.910. The van der Waals surface area contributed by atoms with E-state index in [-0.39, 0.29) is 24.3 Å². The molecule has 100 valence electrons. The first kappa shape index (κ1) is 11.8. The zero-order chi connectivity index (χ0) is 12.7. The van der Waals surface area contributed by atoms with Gasteiger partial charge in [0.2, 0.25) is 0 Å². The highest BCUT2D eigenvalue weighted by Gasteiger charge is 2.43. The second kappa shape index (κ2) is 4.42. The number of aliphatic carboxylic acids is 1. The lowest BCUT2D eigenvalue weighted by Crippen LogP contribution is -2.51. The van der Waals surface area contributed by atoms with E-state index in [9.17, 15) is 9.59 Å². The van der Waals surface area contributed by atoms with Crippen LogP contribution in [0.1, 0.15) is 32.1 Å². The Hall–Kier alpha value is -1.30. The Kier molecular flexibility index (Phi) is 2.89. The Bertz CT molecular complexity index is 373. The lowest BCUT2D eigenvalue weighted by atomic mass is 9.96. The average Bonchev–Trinajstić information content (AvgIpc) is 3.04. The summed E-state index contributed by atoms with van der Waals surface area (Å²) in [6, 6.07) is -0.850. The van der Waals surface area contributed by atoms with Crippen LogP contribution in [0.25, 0.3) is 0 Å². The van der Waals surface area contributed by atoms with Gasteiger partial charge in [-0.1, -0.05) is 0 Å². The Labute approximate surface area is 105 Å². The maximum atomic E-state index is 12.1. The zero-order valence-corrected chi connectivity index (χ0v) is 10.2. The van der Waals surface area contributed by atoms with E-state index < -0.39 is 12.0 Å². The van der Waals surface area contributed by atoms with Gasteiger partial charge in [0.15, 0.2) is 0 Å². The average molecular weight is 254 g/mol. The number of amides is 2. The fraction of sp³-hybridized carbons (Fsp3) is 0.833. The minimum absolute atomic E-state index is 0.0614. The van der Waals surface area contributed by atoms with E-state index in [1.54, 1.807) is 0 Å². The van der Waals surface area contributed by atoms with Crippen LogP contribution in [0, 0.1) is 0 Å². The van der Waals surface area contributed by atoms with Gasteiger partial charge in [-0.3, -0.25) is 0 Å². The number of nitrogens with zero attached hydrogens (tertiary/aromatic N) is 1. The predicted octanol–water partition coefficient (Wildman–Crippen LogP) is 0.565. The number of hydrogen-bond donors (Lipinski definition) is 2. The third kappa shape index (κ3) is 1.94. The summed E-state index contributed by atoms with van der Waals surface area (Å²) in [4.78, 5) is 24.6. The number of carboxylic acids is 1. The molecule has 3 fully saturated rings. The smallest absolute Gasteiger partial charge is 0.326 e. The monoisotopic (exact) mass is 254 g/mol. The van der Waals surface area contributed by atoms with Gasteiger partial charge in [-0.25, -0.2) is 9.59 Å². The summed E-state index contributed by atoms with van der Waals surface area (Å²) in [5.74, 6) is -0.910. The van der Waals surface area contributed by atoms with E-state index in [4.69, 9.17) is 9.84 Å². The van der Waals surface area contributed by atoms with Crippen LogP contribution in [0.4, 0.5) is 4.79 Å². The molecular formula is C12H18N2O4. The van der Waals surface area contributed by atoms with E-state index in [2.05, 4.69) is 5.32 Å². The van der Waals surface area contributed by atoms with Crippen molar-refractivity contribution < 1.29 is 19.4 Å². The van der Waals surface area contributed by atoms with Crippen molar-refractivity contribution in [1.82, 2.24) is 10.2 Å². The molecule has 2 N–H and O–H groups in total. The summed E-state index contributed by atoms with van der Waals surface area (Å²) >= 11 is 0. The molecule has 6 nitrogen and oxygen atoms in total. The number of rotatable bonds is 2. The van der Waals surface area contributed by atoms with Crippen LogP contribution < -0.4 is 5.32 Å². The molecule has 3 rings (SSSR count). The van der Waals surface area contributed by atoms with Gasteiger partial charge in [0, 0.05) is 6.54 Å². The van der Waals surface area contributed by atoms with Crippen molar-refractivity contribution in [3.8, 4) is 0 Å². The maximum Gasteiger partial charge on any atom is 0.326 e.